The fourth-order valence-corrected chi connectivity index (χ4v) is 1.69. The van der Waals surface area contributed by atoms with Crippen LogP contribution < -0.4 is 4.74 Å². The van der Waals surface area contributed by atoms with Crippen molar-refractivity contribution in [2.75, 3.05) is 7.11 Å². The van der Waals surface area contributed by atoms with E-state index in [2.05, 4.69) is 6.07 Å². The fourth-order valence-electron chi connectivity index (χ4n) is 1.69. The van der Waals surface area contributed by atoms with Crippen LogP contribution in [0.15, 0.2) is 24.3 Å². The lowest BCUT2D eigenvalue weighted by atomic mass is 9.96. The molecule has 0 spiro atoms. The molecule has 2 nitrogen and oxygen atoms in total. The Bertz CT molecular complexity index is 346. The van der Waals surface area contributed by atoms with Gasteiger partial charge in [0.1, 0.15) is 5.75 Å². The molecular weight excluding hydrogens is 174 g/mol. The van der Waals surface area contributed by atoms with Crippen LogP contribution in [-0.4, -0.2) is 7.11 Å². The largest absolute Gasteiger partial charge is 0.497 e. The Morgan fingerprint density at radius 2 is 2.00 bits per heavy atom. The van der Waals surface area contributed by atoms with Crippen molar-refractivity contribution in [3.05, 3.63) is 29.8 Å². The van der Waals surface area contributed by atoms with E-state index in [1.807, 2.05) is 24.3 Å². The second-order valence-corrected chi connectivity index (χ2v) is 3.72. The Labute approximate surface area is 84.1 Å². The van der Waals surface area contributed by atoms with E-state index >= 15 is 0 Å². The monoisotopic (exact) mass is 187 g/mol. The van der Waals surface area contributed by atoms with Crippen molar-refractivity contribution in [3.63, 3.8) is 0 Å². The SMILES string of the molecule is COc1ccc(C(C#N)C2CC2)cc1. The zero-order chi connectivity index (χ0) is 9.97. The molecule has 0 N–H and O–H groups in total. The maximum Gasteiger partial charge on any atom is 0.118 e. The lowest BCUT2D eigenvalue weighted by Crippen LogP contribution is -1.97. The first kappa shape index (κ1) is 9.08. The highest BCUT2D eigenvalue weighted by Gasteiger charge is 2.32. The number of hydrogen-bond donors (Lipinski definition) is 0. The smallest absolute Gasteiger partial charge is 0.118 e. The van der Waals surface area contributed by atoms with E-state index in [9.17, 15) is 0 Å². The van der Waals surface area contributed by atoms with Crippen LogP contribution in [0.4, 0.5) is 0 Å². The van der Waals surface area contributed by atoms with E-state index in [1.165, 1.54) is 12.8 Å². The van der Waals surface area contributed by atoms with Crippen molar-refractivity contribution < 1.29 is 4.74 Å². The van der Waals surface area contributed by atoms with Crippen LogP contribution in [0.25, 0.3) is 0 Å². The van der Waals surface area contributed by atoms with Gasteiger partial charge in [0.15, 0.2) is 0 Å². The van der Waals surface area contributed by atoms with Gasteiger partial charge in [-0.3, -0.25) is 0 Å². The third-order valence-electron chi connectivity index (χ3n) is 2.71. The molecule has 2 rings (SSSR count). The Balaban J connectivity index is 2.18. The van der Waals surface area contributed by atoms with E-state index in [0.29, 0.717) is 5.92 Å². The summed E-state index contributed by atoms with van der Waals surface area (Å²) >= 11 is 0. The molecule has 14 heavy (non-hydrogen) atoms. The molecule has 0 saturated heterocycles. The predicted molar refractivity (Wildman–Crippen MR) is 54.1 cm³/mol. The second-order valence-electron chi connectivity index (χ2n) is 3.72. The molecule has 2 heteroatoms. The molecular formula is C12H13NO. The average Bonchev–Trinajstić information content (AvgIpc) is 3.04. The van der Waals surface area contributed by atoms with Gasteiger partial charge < -0.3 is 4.74 Å². The minimum absolute atomic E-state index is 0.0842. The number of methoxy groups -OCH3 is 1. The zero-order valence-corrected chi connectivity index (χ0v) is 8.23. The number of ether oxygens (including phenoxy) is 1. The lowest BCUT2D eigenvalue weighted by molar-refractivity contribution is 0.414. The molecule has 1 aromatic carbocycles. The van der Waals surface area contributed by atoms with Crippen LogP contribution in [0, 0.1) is 17.2 Å². The van der Waals surface area contributed by atoms with Gasteiger partial charge in [-0.1, -0.05) is 12.1 Å². The second kappa shape index (κ2) is 3.71. The van der Waals surface area contributed by atoms with Crippen LogP contribution in [0.5, 0.6) is 5.75 Å². The Morgan fingerprint density at radius 3 is 2.43 bits per heavy atom. The average molecular weight is 187 g/mol. The van der Waals surface area contributed by atoms with Gasteiger partial charge in [0, 0.05) is 0 Å². The minimum Gasteiger partial charge on any atom is -0.497 e. The molecule has 72 valence electrons. The van der Waals surface area contributed by atoms with Gasteiger partial charge in [0.05, 0.1) is 19.1 Å². The van der Waals surface area contributed by atoms with Crippen molar-refractivity contribution in [1.82, 2.24) is 0 Å². The molecule has 1 saturated carbocycles. The van der Waals surface area contributed by atoms with Gasteiger partial charge in [-0.2, -0.15) is 5.26 Å². The summed E-state index contributed by atoms with van der Waals surface area (Å²) in [6, 6.07) is 10.2. The highest BCUT2D eigenvalue weighted by Crippen LogP contribution is 2.42. The van der Waals surface area contributed by atoms with E-state index < -0.39 is 0 Å². The summed E-state index contributed by atoms with van der Waals surface area (Å²) in [4.78, 5) is 0. The zero-order valence-electron chi connectivity index (χ0n) is 8.23. The summed E-state index contributed by atoms with van der Waals surface area (Å²) in [5.41, 5.74) is 1.12. The quantitative estimate of drug-likeness (QED) is 0.728. The molecule has 1 aromatic rings. The molecule has 1 atom stereocenters. The predicted octanol–water partition coefficient (Wildman–Crippen LogP) is 2.71. The van der Waals surface area contributed by atoms with Crippen molar-refractivity contribution in [1.29, 1.82) is 5.26 Å². The first-order valence-corrected chi connectivity index (χ1v) is 4.88. The fraction of sp³-hybridized carbons (Fsp3) is 0.417. The maximum atomic E-state index is 9.04. The van der Waals surface area contributed by atoms with Crippen molar-refractivity contribution in [2.24, 2.45) is 5.92 Å². The Kier molecular flexibility index (Phi) is 2.41. The first-order valence-electron chi connectivity index (χ1n) is 4.88. The Morgan fingerprint density at radius 1 is 1.36 bits per heavy atom. The third-order valence-corrected chi connectivity index (χ3v) is 2.71. The summed E-state index contributed by atoms with van der Waals surface area (Å²) in [5.74, 6) is 1.52. The van der Waals surface area contributed by atoms with Crippen LogP contribution >= 0.6 is 0 Å². The molecule has 0 radical (unpaired) electrons. The van der Waals surface area contributed by atoms with E-state index in [0.717, 1.165) is 11.3 Å². The number of benzene rings is 1. The first-order chi connectivity index (χ1) is 6.85. The summed E-state index contributed by atoms with van der Waals surface area (Å²) in [6.45, 7) is 0. The third kappa shape index (κ3) is 1.72. The molecule has 0 aromatic heterocycles. The number of nitrogens with zero attached hydrogens (tertiary/aromatic N) is 1. The van der Waals surface area contributed by atoms with Gasteiger partial charge in [0.2, 0.25) is 0 Å². The topological polar surface area (TPSA) is 33.0 Å². The molecule has 0 aliphatic heterocycles. The van der Waals surface area contributed by atoms with Crippen LogP contribution in [0.3, 0.4) is 0 Å². The molecule has 1 fully saturated rings. The number of nitriles is 1. The van der Waals surface area contributed by atoms with Gasteiger partial charge in [0.25, 0.3) is 0 Å². The molecule has 1 unspecified atom stereocenters. The number of hydrogen-bond acceptors (Lipinski definition) is 2. The molecule has 1 aliphatic rings. The van der Waals surface area contributed by atoms with Crippen LogP contribution in [0.1, 0.15) is 24.3 Å². The van der Waals surface area contributed by atoms with E-state index in [4.69, 9.17) is 10.00 Å². The van der Waals surface area contributed by atoms with Crippen LogP contribution in [-0.2, 0) is 0 Å². The number of rotatable bonds is 3. The highest BCUT2D eigenvalue weighted by atomic mass is 16.5. The summed E-state index contributed by atoms with van der Waals surface area (Å²) in [5, 5.41) is 9.04. The van der Waals surface area contributed by atoms with Crippen LogP contribution in [0.2, 0.25) is 0 Å². The molecule has 1 aliphatic carbocycles. The standard InChI is InChI=1S/C12H13NO/c1-14-11-6-4-10(5-7-11)12(8-13)9-2-3-9/h4-7,9,12H,2-3H2,1H3. The van der Waals surface area contributed by atoms with Gasteiger partial charge in [-0.25, -0.2) is 0 Å². The van der Waals surface area contributed by atoms with Crippen molar-refractivity contribution >= 4 is 0 Å². The van der Waals surface area contributed by atoms with Gasteiger partial charge in [-0.05, 0) is 36.5 Å². The normalized spacial score (nSPS) is 17.1. The van der Waals surface area contributed by atoms with E-state index in [1.54, 1.807) is 7.11 Å². The van der Waals surface area contributed by atoms with Gasteiger partial charge >= 0.3 is 0 Å². The molecule has 0 heterocycles. The summed E-state index contributed by atoms with van der Waals surface area (Å²) < 4.78 is 5.08. The summed E-state index contributed by atoms with van der Waals surface area (Å²) in [6.07, 6.45) is 2.40. The molecule has 0 bridgehead atoms. The summed E-state index contributed by atoms with van der Waals surface area (Å²) in [7, 11) is 1.65. The van der Waals surface area contributed by atoms with Crippen molar-refractivity contribution in [2.45, 2.75) is 18.8 Å². The lowest BCUT2D eigenvalue weighted by Gasteiger charge is -2.08. The van der Waals surface area contributed by atoms with Gasteiger partial charge in [-0.15, -0.1) is 0 Å². The highest BCUT2D eigenvalue weighted by molar-refractivity contribution is 5.33. The van der Waals surface area contributed by atoms with Crippen molar-refractivity contribution in [3.8, 4) is 11.8 Å². The van der Waals surface area contributed by atoms with E-state index in [-0.39, 0.29) is 5.92 Å². The maximum absolute atomic E-state index is 9.04. The molecule has 0 amide bonds. The Hall–Kier alpha value is -1.49. The minimum atomic E-state index is 0.0842.